The van der Waals surface area contributed by atoms with Gasteiger partial charge in [-0.05, 0) is 32.4 Å². The molecule has 1 unspecified atom stereocenters. The van der Waals surface area contributed by atoms with Crippen LogP contribution in [-0.4, -0.2) is 18.5 Å². The minimum atomic E-state index is -0.515. The van der Waals surface area contributed by atoms with E-state index in [0.717, 1.165) is 5.56 Å². The minimum Gasteiger partial charge on any atom is -0.336 e. The first kappa shape index (κ1) is 12.6. The molecular weight excluding hydrogens is 228 g/mol. The van der Waals surface area contributed by atoms with Gasteiger partial charge in [0.15, 0.2) is 0 Å². The van der Waals surface area contributed by atoms with Crippen molar-refractivity contribution in [2.75, 3.05) is 11.4 Å². The van der Waals surface area contributed by atoms with E-state index in [1.54, 1.807) is 12.1 Å². The molecule has 1 heterocycles. The summed E-state index contributed by atoms with van der Waals surface area (Å²) in [5.74, 6) is -0.127. The molecule has 1 fully saturated rings. The van der Waals surface area contributed by atoms with Crippen molar-refractivity contribution >= 4 is 17.6 Å². The maximum absolute atomic E-state index is 12.4. The fraction of sp³-hybridized carbons (Fsp3) is 0.429. The smallest absolute Gasteiger partial charge is 0.328 e. The number of hydrogen-bond donors (Lipinski definition) is 1. The van der Waals surface area contributed by atoms with Crippen LogP contribution < -0.4 is 10.2 Å². The molecule has 0 spiro atoms. The summed E-state index contributed by atoms with van der Waals surface area (Å²) in [5, 5.41) is 2.78. The zero-order chi connectivity index (χ0) is 13.3. The Morgan fingerprint density at radius 1 is 1.28 bits per heavy atom. The predicted octanol–water partition coefficient (Wildman–Crippen LogP) is 2.47. The van der Waals surface area contributed by atoms with E-state index in [9.17, 15) is 9.59 Å². The third-order valence-corrected chi connectivity index (χ3v) is 3.62. The lowest BCUT2D eigenvalue weighted by Gasteiger charge is -2.37. The van der Waals surface area contributed by atoms with Gasteiger partial charge in [-0.1, -0.05) is 24.6 Å². The number of aryl methyl sites for hydroxylation is 1. The van der Waals surface area contributed by atoms with Crippen molar-refractivity contribution in [1.82, 2.24) is 5.32 Å². The quantitative estimate of drug-likeness (QED) is 0.871. The molecule has 1 aliphatic rings. The maximum Gasteiger partial charge on any atom is 0.328 e. The van der Waals surface area contributed by atoms with Gasteiger partial charge in [0.25, 0.3) is 0 Å². The normalized spacial score (nSPS) is 24.1. The topological polar surface area (TPSA) is 49.4 Å². The summed E-state index contributed by atoms with van der Waals surface area (Å²) in [4.78, 5) is 25.6. The highest BCUT2D eigenvalue weighted by molar-refractivity contribution is 6.17. The van der Waals surface area contributed by atoms with Crippen LogP contribution in [0, 0.1) is 12.3 Å². The van der Waals surface area contributed by atoms with Gasteiger partial charge >= 0.3 is 6.03 Å². The number of benzene rings is 1. The zero-order valence-corrected chi connectivity index (χ0v) is 11.0. The Morgan fingerprint density at radius 3 is 2.44 bits per heavy atom. The second-order valence-corrected chi connectivity index (χ2v) is 5.05. The molecule has 0 aliphatic carbocycles. The summed E-state index contributed by atoms with van der Waals surface area (Å²) in [6, 6.07) is 7.05. The van der Waals surface area contributed by atoms with Crippen LogP contribution in [0.1, 0.15) is 25.8 Å². The largest absolute Gasteiger partial charge is 0.336 e. The van der Waals surface area contributed by atoms with Gasteiger partial charge in [0.05, 0.1) is 11.1 Å². The number of nitrogens with zero attached hydrogens (tertiary/aromatic N) is 1. The molecule has 0 aromatic heterocycles. The van der Waals surface area contributed by atoms with E-state index >= 15 is 0 Å². The van der Waals surface area contributed by atoms with E-state index in [0.29, 0.717) is 18.7 Å². The van der Waals surface area contributed by atoms with Gasteiger partial charge in [-0.15, -0.1) is 0 Å². The number of rotatable bonds is 2. The second kappa shape index (κ2) is 4.44. The number of carbonyl (C=O) groups excluding carboxylic acids is 2. The van der Waals surface area contributed by atoms with Crippen LogP contribution >= 0.6 is 0 Å². The summed E-state index contributed by atoms with van der Waals surface area (Å²) in [5.41, 5.74) is 1.21. The molecule has 18 heavy (non-hydrogen) atoms. The molecule has 3 amide bonds. The molecule has 2 rings (SSSR count). The molecule has 4 nitrogen and oxygen atoms in total. The fourth-order valence-corrected chi connectivity index (χ4v) is 1.99. The van der Waals surface area contributed by atoms with Crippen LogP contribution in [0.4, 0.5) is 10.5 Å². The van der Waals surface area contributed by atoms with Gasteiger partial charge in [-0.25, -0.2) is 9.69 Å². The van der Waals surface area contributed by atoms with Gasteiger partial charge in [0.2, 0.25) is 5.91 Å². The van der Waals surface area contributed by atoms with Crippen molar-refractivity contribution in [2.45, 2.75) is 27.2 Å². The number of imide groups is 1. The fourth-order valence-electron chi connectivity index (χ4n) is 1.99. The third kappa shape index (κ3) is 1.98. The van der Waals surface area contributed by atoms with Gasteiger partial charge in [0.1, 0.15) is 0 Å². The van der Waals surface area contributed by atoms with Crippen molar-refractivity contribution in [3.05, 3.63) is 29.8 Å². The van der Waals surface area contributed by atoms with Crippen LogP contribution in [0.5, 0.6) is 0 Å². The predicted molar refractivity (Wildman–Crippen MR) is 70.5 cm³/mol. The van der Waals surface area contributed by atoms with Crippen molar-refractivity contribution in [3.63, 3.8) is 0 Å². The number of amides is 3. The van der Waals surface area contributed by atoms with Crippen molar-refractivity contribution in [1.29, 1.82) is 0 Å². The van der Waals surface area contributed by atoms with Gasteiger partial charge in [-0.3, -0.25) is 4.79 Å². The molecule has 1 aromatic carbocycles. The molecule has 1 aromatic rings. The first-order chi connectivity index (χ1) is 8.48. The van der Waals surface area contributed by atoms with Gasteiger partial charge in [-0.2, -0.15) is 0 Å². The molecule has 1 atom stereocenters. The van der Waals surface area contributed by atoms with Crippen molar-refractivity contribution in [3.8, 4) is 0 Å². The monoisotopic (exact) mass is 246 g/mol. The zero-order valence-electron chi connectivity index (χ0n) is 11.0. The maximum atomic E-state index is 12.4. The highest BCUT2D eigenvalue weighted by atomic mass is 16.2. The molecule has 96 valence electrons. The van der Waals surface area contributed by atoms with Crippen molar-refractivity contribution < 1.29 is 9.59 Å². The Labute approximate surface area is 107 Å². The number of anilines is 1. The average molecular weight is 246 g/mol. The van der Waals surface area contributed by atoms with E-state index in [1.165, 1.54) is 4.90 Å². The molecular formula is C14H18N2O2. The molecule has 4 heteroatoms. The Morgan fingerprint density at radius 2 is 1.89 bits per heavy atom. The van der Waals surface area contributed by atoms with E-state index in [4.69, 9.17) is 0 Å². The Bertz CT molecular complexity index is 481. The molecule has 1 N–H and O–H groups in total. The van der Waals surface area contributed by atoms with Crippen LogP contribution in [0.3, 0.4) is 0 Å². The highest BCUT2D eigenvalue weighted by Gasteiger charge is 2.42. The van der Waals surface area contributed by atoms with Crippen molar-refractivity contribution in [2.24, 2.45) is 5.41 Å². The first-order valence-electron chi connectivity index (χ1n) is 6.17. The third-order valence-electron chi connectivity index (χ3n) is 3.62. The summed E-state index contributed by atoms with van der Waals surface area (Å²) >= 11 is 0. The summed E-state index contributed by atoms with van der Waals surface area (Å²) < 4.78 is 0. The van der Waals surface area contributed by atoms with E-state index in [-0.39, 0.29) is 11.9 Å². The molecule has 1 saturated heterocycles. The van der Waals surface area contributed by atoms with Crippen LogP contribution in [0.15, 0.2) is 24.3 Å². The Hall–Kier alpha value is -1.84. The first-order valence-corrected chi connectivity index (χ1v) is 6.17. The number of nitrogens with one attached hydrogen (secondary N) is 1. The number of carbonyl (C=O) groups is 2. The number of hydrogen-bond acceptors (Lipinski definition) is 2. The molecule has 0 bridgehead atoms. The SMILES string of the molecule is CCC1(C)CNC(=O)N(c2ccc(C)cc2)C1=O. The molecule has 0 saturated carbocycles. The molecule has 1 aliphatic heterocycles. The molecule has 0 radical (unpaired) electrons. The van der Waals surface area contributed by atoms with Gasteiger partial charge < -0.3 is 5.32 Å². The van der Waals surface area contributed by atoms with E-state index in [1.807, 2.05) is 32.9 Å². The van der Waals surface area contributed by atoms with Crippen LogP contribution in [0.25, 0.3) is 0 Å². The van der Waals surface area contributed by atoms with E-state index in [2.05, 4.69) is 5.32 Å². The standard InChI is InChI=1S/C14H18N2O2/c1-4-14(3)9-15-13(18)16(12(14)17)11-7-5-10(2)6-8-11/h5-8H,4,9H2,1-3H3,(H,15,18). The second-order valence-electron chi connectivity index (χ2n) is 5.05. The summed E-state index contributed by atoms with van der Waals surface area (Å²) in [6.45, 7) is 6.22. The minimum absolute atomic E-state index is 0.127. The highest BCUT2D eigenvalue weighted by Crippen LogP contribution is 2.30. The Kier molecular flexibility index (Phi) is 3.11. The van der Waals surface area contributed by atoms with Crippen LogP contribution in [0.2, 0.25) is 0 Å². The Balaban J connectivity index is 2.38. The summed E-state index contributed by atoms with van der Waals surface area (Å²) in [6.07, 6.45) is 0.703. The van der Waals surface area contributed by atoms with E-state index < -0.39 is 5.41 Å². The van der Waals surface area contributed by atoms with Crippen LogP contribution in [-0.2, 0) is 4.79 Å². The lowest BCUT2D eigenvalue weighted by molar-refractivity contribution is -0.127. The lowest BCUT2D eigenvalue weighted by atomic mass is 9.84. The van der Waals surface area contributed by atoms with Gasteiger partial charge in [0, 0.05) is 6.54 Å². The average Bonchev–Trinajstić information content (AvgIpc) is 2.37. The lowest BCUT2D eigenvalue weighted by Crippen LogP contribution is -2.59. The number of urea groups is 1. The summed E-state index contributed by atoms with van der Waals surface area (Å²) in [7, 11) is 0.